The number of ether oxygens (including phenoxy) is 2. The monoisotopic (exact) mass is 285 g/mol. The van der Waals surface area contributed by atoms with Crippen molar-refractivity contribution < 1.29 is 14.3 Å². The molecule has 0 amide bonds. The lowest BCUT2D eigenvalue weighted by Gasteiger charge is -2.00. The molecule has 1 aliphatic rings. The van der Waals surface area contributed by atoms with Crippen LogP contribution in [-0.4, -0.2) is 19.0 Å². The number of carbonyl (C=O) groups excluding carboxylic acids is 1. The Morgan fingerprint density at radius 2 is 2.20 bits per heavy atom. The average molecular weight is 285 g/mol. The van der Waals surface area contributed by atoms with E-state index in [1.807, 2.05) is 41.8 Å². The van der Waals surface area contributed by atoms with Gasteiger partial charge in [-0.1, -0.05) is 18.2 Å². The number of nitrogens with zero attached hydrogens (tertiary/aromatic N) is 1. The van der Waals surface area contributed by atoms with E-state index in [1.54, 1.807) is 13.2 Å². The molecule has 20 heavy (non-hydrogen) atoms. The largest absolute Gasteiger partial charge is 0.497 e. The Kier molecular flexibility index (Phi) is 3.35. The Hall–Kier alpha value is -2.40. The number of hydrogen-bond acceptors (Lipinski definition) is 5. The van der Waals surface area contributed by atoms with Gasteiger partial charge < -0.3 is 9.47 Å². The number of cyclic esters (lactones) is 1. The predicted molar refractivity (Wildman–Crippen MR) is 77.9 cm³/mol. The summed E-state index contributed by atoms with van der Waals surface area (Å²) >= 11 is 1.48. The lowest BCUT2D eigenvalue weighted by Crippen LogP contribution is -2.03. The van der Waals surface area contributed by atoms with E-state index in [0.29, 0.717) is 11.6 Å². The first kappa shape index (κ1) is 12.6. The van der Waals surface area contributed by atoms with Crippen molar-refractivity contribution in [2.75, 3.05) is 7.11 Å². The summed E-state index contributed by atoms with van der Waals surface area (Å²) in [6.07, 6.45) is 1.69. The third-order valence-electron chi connectivity index (χ3n) is 2.75. The zero-order chi connectivity index (χ0) is 13.9. The molecule has 5 heteroatoms. The van der Waals surface area contributed by atoms with E-state index >= 15 is 0 Å². The molecule has 1 aromatic heterocycles. The minimum absolute atomic E-state index is 0.293. The summed E-state index contributed by atoms with van der Waals surface area (Å²) in [6, 6.07) is 11.2. The quantitative estimate of drug-likeness (QED) is 0.643. The smallest absolute Gasteiger partial charge is 0.363 e. The van der Waals surface area contributed by atoms with Crippen molar-refractivity contribution in [3.8, 4) is 5.75 Å². The highest BCUT2D eigenvalue weighted by Crippen LogP contribution is 2.22. The van der Waals surface area contributed by atoms with Crippen LogP contribution in [0.3, 0.4) is 0 Å². The van der Waals surface area contributed by atoms with Crippen LogP contribution >= 0.6 is 11.3 Å². The summed E-state index contributed by atoms with van der Waals surface area (Å²) in [5.74, 6) is 0.656. The van der Waals surface area contributed by atoms with Crippen molar-refractivity contribution in [1.82, 2.24) is 0 Å². The Morgan fingerprint density at radius 3 is 2.95 bits per heavy atom. The minimum atomic E-state index is -0.434. The first-order valence-corrected chi connectivity index (χ1v) is 6.85. The van der Waals surface area contributed by atoms with Crippen molar-refractivity contribution in [1.29, 1.82) is 0 Å². The summed E-state index contributed by atoms with van der Waals surface area (Å²) in [4.78, 5) is 16.9. The van der Waals surface area contributed by atoms with Gasteiger partial charge in [-0.15, -0.1) is 11.3 Å². The molecule has 0 bridgehead atoms. The van der Waals surface area contributed by atoms with Crippen molar-refractivity contribution in [2.45, 2.75) is 0 Å². The standard InChI is InChI=1S/C15H11NO3S/c1-18-11-5-2-4-10(8-11)9-12-15(17)19-14(16-12)13-6-3-7-20-13/h2-9H,1H3/b12-9-. The first-order chi connectivity index (χ1) is 9.76. The van der Waals surface area contributed by atoms with Gasteiger partial charge in [-0.25, -0.2) is 9.79 Å². The van der Waals surface area contributed by atoms with Crippen LogP contribution in [0.2, 0.25) is 0 Å². The Bertz CT molecular complexity index is 702. The van der Waals surface area contributed by atoms with Crippen molar-refractivity contribution in [2.24, 2.45) is 4.99 Å². The molecule has 3 rings (SSSR count). The van der Waals surface area contributed by atoms with Gasteiger partial charge in [0.15, 0.2) is 5.70 Å². The lowest BCUT2D eigenvalue weighted by atomic mass is 10.2. The van der Waals surface area contributed by atoms with E-state index in [2.05, 4.69) is 4.99 Å². The molecule has 1 aliphatic heterocycles. The molecule has 2 aromatic rings. The normalized spacial score (nSPS) is 16.1. The summed E-state index contributed by atoms with van der Waals surface area (Å²) in [6.45, 7) is 0. The molecule has 0 saturated carbocycles. The molecule has 4 nitrogen and oxygen atoms in total. The SMILES string of the molecule is COc1cccc(/C=C2\N=C(c3cccs3)OC2=O)c1. The molecule has 1 aromatic carbocycles. The number of thiophene rings is 1. The van der Waals surface area contributed by atoms with Crippen molar-refractivity contribution in [3.05, 3.63) is 57.9 Å². The van der Waals surface area contributed by atoms with Crippen LogP contribution in [0.5, 0.6) is 5.75 Å². The molecule has 0 saturated heterocycles. The van der Waals surface area contributed by atoms with Gasteiger partial charge >= 0.3 is 5.97 Å². The highest BCUT2D eigenvalue weighted by Gasteiger charge is 2.24. The maximum atomic E-state index is 11.8. The lowest BCUT2D eigenvalue weighted by molar-refractivity contribution is -0.129. The zero-order valence-corrected chi connectivity index (χ0v) is 11.5. The van der Waals surface area contributed by atoms with E-state index in [1.165, 1.54) is 11.3 Å². The van der Waals surface area contributed by atoms with Crippen LogP contribution in [0.25, 0.3) is 6.08 Å². The van der Waals surface area contributed by atoms with E-state index in [0.717, 1.165) is 16.2 Å². The Morgan fingerprint density at radius 1 is 1.30 bits per heavy atom. The van der Waals surface area contributed by atoms with Gasteiger partial charge in [0, 0.05) is 0 Å². The molecular weight excluding hydrogens is 274 g/mol. The number of carbonyl (C=O) groups is 1. The van der Waals surface area contributed by atoms with Crippen molar-refractivity contribution in [3.63, 3.8) is 0 Å². The summed E-state index contributed by atoms with van der Waals surface area (Å²) in [5.41, 5.74) is 1.13. The molecule has 2 heterocycles. The second kappa shape index (κ2) is 5.30. The number of rotatable bonds is 3. The molecule has 100 valence electrons. The van der Waals surface area contributed by atoms with Crippen LogP contribution in [0.15, 0.2) is 52.5 Å². The fourth-order valence-corrected chi connectivity index (χ4v) is 2.45. The Labute approximate surface area is 120 Å². The fourth-order valence-electron chi connectivity index (χ4n) is 1.80. The van der Waals surface area contributed by atoms with Gasteiger partial charge in [-0.05, 0) is 35.2 Å². The highest BCUT2D eigenvalue weighted by atomic mass is 32.1. The van der Waals surface area contributed by atoms with E-state index in [9.17, 15) is 4.79 Å². The van der Waals surface area contributed by atoms with Crippen LogP contribution in [-0.2, 0) is 9.53 Å². The van der Waals surface area contributed by atoms with Gasteiger partial charge in [-0.2, -0.15) is 0 Å². The van der Waals surface area contributed by atoms with Gasteiger partial charge in [0.05, 0.1) is 12.0 Å². The summed E-state index contributed by atoms with van der Waals surface area (Å²) in [5, 5.41) is 1.91. The molecule has 0 fully saturated rings. The number of aliphatic imine (C=N–C) groups is 1. The maximum Gasteiger partial charge on any atom is 0.363 e. The number of benzene rings is 1. The second-order valence-corrected chi connectivity index (χ2v) is 5.04. The Balaban J connectivity index is 1.93. The molecule has 0 radical (unpaired) electrons. The molecule has 0 N–H and O–H groups in total. The van der Waals surface area contributed by atoms with Crippen molar-refractivity contribution >= 4 is 29.3 Å². The third kappa shape index (κ3) is 2.48. The van der Waals surface area contributed by atoms with Gasteiger partial charge in [0.1, 0.15) is 5.75 Å². The van der Waals surface area contributed by atoms with Crippen LogP contribution < -0.4 is 4.74 Å². The molecular formula is C15H11NO3S. The van der Waals surface area contributed by atoms with Gasteiger partial charge in [-0.3, -0.25) is 0 Å². The minimum Gasteiger partial charge on any atom is -0.497 e. The second-order valence-electron chi connectivity index (χ2n) is 4.09. The van der Waals surface area contributed by atoms with E-state index < -0.39 is 5.97 Å². The average Bonchev–Trinajstić information content (AvgIpc) is 3.10. The third-order valence-corrected chi connectivity index (χ3v) is 3.61. The fraction of sp³-hybridized carbons (Fsp3) is 0.0667. The molecule has 0 atom stereocenters. The summed E-state index contributed by atoms with van der Waals surface area (Å²) < 4.78 is 10.3. The molecule has 0 aliphatic carbocycles. The number of hydrogen-bond donors (Lipinski definition) is 0. The van der Waals surface area contributed by atoms with Crippen LogP contribution in [0.4, 0.5) is 0 Å². The maximum absolute atomic E-state index is 11.8. The summed E-state index contributed by atoms with van der Waals surface area (Å²) in [7, 11) is 1.60. The predicted octanol–water partition coefficient (Wildman–Crippen LogP) is 3.10. The van der Waals surface area contributed by atoms with E-state index in [-0.39, 0.29) is 0 Å². The zero-order valence-electron chi connectivity index (χ0n) is 10.7. The highest BCUT2D eigenvalue weighted by molar-refractivity contribution is 7.12. The van der Waals surface area contributed by atoms with Gasteiger partial charge in [0.25, 0.3) is 0 Å². The van der Waals surface area contributed by atoms with E-state index in [4.69, 9.17) is 9.47 Å². The molecule has 0 unspecified atom stereocenters. The first-order valence-electron chi connectivity index (χ1n) is 5.97. The topological polar surface area (TPSA) is 47.9 Å². The van der Waals surface area contributed by atoms with Gasteiger partial charge in [0.2, 0.25) is 5.90 Å². The number of methoxy groups -OCH3 is 1. The number of esters is 1. The molecule has 0 spiro atoms. The van der Waals surface area contributed by atoms with Crippen LogP contribution in [0, 0.1) is 0 Å². The van der Waals surface area contributed by atoms with Crippen LogP contribution in [0.1, 0.15) is 10.4 Å².